The summed E-state index contributed by atoms with van der Waals surface area (Å²) in [5, 5.41) is 2.61. The third-order valence-corrected chi connectivity index (χ3v) is 3.35. The number of carbonyl (C=O) groups excluding carboxylic acids is 1. The fraction of sp³-hybridized carbons (Fsp3) is 0.0714. The lowest BCUT2D eigenvalue weighted by molar-refractivity contribution is 0.102. The molecular formula is C14H12BrFN2O2. The number of rotatable bonds is 3. The molecule has 0 aliphatic carbocycles. The van der Waals surface area contributed by atoms with Gasteiger partial charge in [-0.1, -0.05) is 0 Å². The maximum Gasteiger partial charge on any atom is 0.258 e. The van der Waals surface area contributed by atoms with Gasteiger partial charge in [0.1, 0.15) is 11.6 Å². The summed E-state index contributed by atoms with van der Waals surface area (Å²) >= 11 is 3.31. The maximum atomic E-state index is 13.7. The van der Waals surface area contributed by atoms with Gasteiger partial charge in [-0.3, -0.25) is 4.79 Å². The third-order valence-electron chi connectivity index (χ3n) is 2.66. The number of carbonyl (C=O) groups is 1. The Bertz CT molecular complexity index is 662. The first-order chi connectivity index (χ1) is 9.51. The van der Waals surface area contributed by atoms with E-state index < -0.39 is 11.7 Å². The minimum absolute atomic E-state index is 0.0751. The molecule has 0 saturated carbocycles. The molecule has 0 atom stereocenters. The lowest BCUT2D eigenvalue weighted by Crippen LogP contribution is -2.14. The van der Waals surface area contributed by atoms with Gasteiger partial charge in [0.25, 0.3) is 5.91 Å². The number of benzene rings is 2. The van der Waals surface area contributed by atoms with Crippen molar-refractivity contribution in [3.8, 4) is 5.75 Å². The number of nitrogen functional groups attached to an aromatic ring is 1. The van der Waals surface area contributed by atoms with E-state index in [0.29, 0.717) is 15.9 Å². The van der Waals surface area contributed by atoms with Crippen molar-refractivity contribution in [1.29, 1.82) is 0 Å². The Morgan fingerprint density at radius 1 is 1.30 bits per heavy atom. The minimum atomic E-state index is -0.665. The largest absolute Gasteiger partial charge is 0.497 e. The van der Waals surface area contributed by atoms with Crippen molar-refractivity contribution in [1.82, 2.24) is 0 Å². The summed E-state index contributed by atoms with van der Waals surface area (Å²) in [6.07, 6.45) is 0. The molecule has 0 aliphatic rings. The van der Waals surface area contributed by atoms with Gasteiger partial charge in [0.05, 0.1) is 18.4 Å². The van der Waals surface area contributed by atoms with Crippen LogP contribution in [0.25, 0.3) is 0 Å². The summed E-state index contributed by atoms with van der Waals surface area (Å²) in [4.78, 5) is 12.0. The van der Waals surface area contributed by atoms with Crippen molar-refractivity contribution in [3.05, 3.63) is 52.3 Å². The first-order valence-electron chi connectivity index (χ1n) is 5.71. The van der Waals surface area contributed by atoms with Gasteiger partial charge in [0.15, 0.2) is 0 Å². The topological polar surface area (TPSA) is 64.3 Å². The van der Waals surface area contributed by atoms with Crippen LogP contribution in [-0.4, -0.2) is 13.0 Å². The molecule has 2 rings (SSSR count). The van der Waals surface area contributed by atoms with Crippen molar-refractivity contribution in [3.63, 3.8) is 0 Å². The zero-order valence-corrected chi connectivity index (χ0v) is 12.2. The summed E-state index contributed by atoms with van der Waals surface area (Å²) in [5.41, 5.74) is 6.13. The number of methoxy groups -OCH3 is 1. The molecule has 1 amide bonds. The van der Waals surface area contributed by atoms with Crippen molar-refractivity contribution in [2.75, 3.05) is 18.2 Å². The Morgan fingerprint density at radius 2 is 2.05 bits per heavy atom. The van der Waals surface area contributed by atoms with E-state index in [2.05, 4.69) is 21.2 Å². The normalized spacial score (nSPS) is 10.2. The molecule has 0 unspecified atom stereocenters. The molecular weight excluding hydrogens is 327 g/mol. The number of hydrogen-bond donors (Lipinski definition) is 2. The van der Waals surface area contributed by atoms with Gasteiger partial charge in [0, 0.05) is 16.2 Å². The summed E-state index contributed by atoms with van der Waals surface area (Å²) < 4.78 is 19.4. The quantitative estimate of drug-likeness (QED) is 0.842. The average molecular weight is 339 g/mol. The number of amides is 1. The van der Waals surface area contributed by atoms with Gasteiger partial charge in [0.2, 0.25) is 0 Å². The molecule has 0 heterocycles. The monoisotopic (exact) mass is 338 g/mol. The van der Waals surface area contributed by atoms with Gasteiger partial charge >= 0.3 is 0 Å². The van der Waals surface area contributed by atoms with E-state index in [9.17, 15) is 9.18 Å². The molecule has 2 aromatic carbocycles. The van der Waals surface area contributed by atoms with Crippen LogP contribution in [0.4, 0.5) is 15.8 Å². The molecule has 6 heteroatoms. The molecule has 4 nitrogen and oxygen atoms in total. The third kappa shape index (κ3) is 3.08. The van der Waals surface area contributed by atoms with E-state index in [4.69, 9.17) is 10.5 Å². The van der Waals surface area contributed by atoms with E-state index in [1.807, 2.05) is 0 Å². The first-order valence-corrected chi connectivity index (χ1v) is 6.50. The highest BCUT2D eigenvalue weighted by Crippen LogP contribution is 2.27. The smallest absolute Gasteiger partial charge is 0.258 e. The number of nitrogens with one attached hydrogen (secondary N) is 1. The lowest BCUT2D eigenvalue weighted by atomic mass is 10.1. The number of halogens is 2. The van der Waals surface area contributed by atoms with Crippen LogP contribution in [0.2, 0.25) is 0 Å². The molecule has 2 aromatic rings. The van der Waals surface area contributed by atoms with Crippen molar-refractivity contribution >= 4 is 33.2 Å². The van der Waals surface area contributed by atoms with E-state index in [1.54, 1.807) is 18.2 Å². The molecule has 0 fully saturated rings. The average Bonchev–Trinajstić information content (AvgIpc) is 2.41. The predicted octanol–water partition coefficient (Wildman–Crippen LogP) is 3.43. The molecule has 20 heavy (non-hydrogen) atoms. The van der Waals surface area contributed by atoms with E-state index in [1.165, 1.54) is 19.2 Å². The number of hydrogen-bond acceptors (Lipinski definition) is 3. The SMILES string of the molecule is COc1ccc(Br)c(NC(=O)c2ccc(N)cc2F)c1. The van der Waals surface area contributed by atoms with Crippen molar-refractivity contribution in [2.24, 2.45) is 0 Å². The molecule has 0 aliphatic heterocycles. The van der Waals surface area contributed by atoms with Crippen LogP contribution in [-0.2, 0) is 0 Å². The molecule has 0 spiro atoms. The van der Waals surface area contributed by atoms with Crippen molar-refractivity contribution in [2.45, 2.75) is 0 Å². The molecule has 104 valence electrons. The van der Waals surface area contributed by atoms with Crippen LogP contribution in [0, 0.1) is 5.82 Å². The Balaban J connectivity index is 2.27. The van der Waals surface area contributed by atoms with E-state index >= 15 is 0 Å². The van der Waals surface area contributed by atoms with Crippen LogP contribution in [0.5, 0.6) is 5.75 Å². The second kappa shape index (κ2) is 5.92. The van der Waals surface area contributed by atoms with Crippen LogP contribution in [0.15, 0.2) is 40.9 Å². The fourth-order valence-corrected chi connectivity index (χ4v) is 1.98. The zero-order valence-electron chi connectivity index (χ0n) is 10.6. The van der Waals surface area contributed by atoms with Crippen molar-refractivity contribution < 1.29 is 13.9 Å². The second-order valence-corrected chi connectivity index (χ2v) is 4.89. The molecule has 0 aromatic heterocycles. The van der Waals surface area contributed by atoms with Crippen LogP contribution in [0.3, 0.4) is 0 Å². The van der Waals surface area contributed by atoms with E-state index in [0.717, 1.165) is 6.07 Å². The van der Waals surface area contributed by atoms with Gasteiger partial charge in [-0.05, 0) is 46.3 Å². The Labute approximate surface area is 123 Å². The maximum absolute atomic E-state index is 13.7. The van der Waals surface area contributed by atoms with Gasteiger partial charge in [-0.2, -0.15) is 0 Å². The van der Waals surface area contributed by atoms with Crippen LogP contribution >= 0.6 is 15.9 Å². The molecule has 0 bridgehead atoms. The Kier molecular flexibility index (Phi) is 4.24. The minimum Gasteiger partial charge on any atom is -0.497 e. The van der Waals surface area contributed by atoms with Gasteiger partial charge in [-0.25, -0.2) is 4.39 Å². The summed E-state index contributed by atoms with van der Waals surface area (Å²) in [7, 11) is 1.52. The Hall–Kier alpha value is -2.08. The highest BCUT2D eigenvalue weighted by molar-refractivity contribution is 9.10. The van der Waals surface area contributed by atoms with Crippen LogP contribution < -0.4 is 15.8 Å². The summed E-state index contributed by atoms with van der Waals surface area (Å²) in [6.45, 7) is 0. The molecule has 3 N–H and O–H groups in total. The predicted molar refractivity (Wildman–Crippen MR) is 79.5 cm³/mol. The molecule has 0 saturated heterocycles. The van der Waals surface area contributed by atoms with Gasteiger partial charge < -0.3 is 15.8 Å². The Morgan fingerprint density at radius 3 is 2.70 bits per heavy atom. The fourth-order valence-electron chi connectivity index (χ4n) is 1.63. The zero-order chi connectivity index (χ0) is 14.7. The van der Waals surface area contributed by atoms with Gasteiger partial charge in [-0.15, -0.1) is 0 Å². The first kappa shape index (κ1) is 14.3. The lowest BCUT2D eigenvalue weighted by Gasteiger charge is -2.10. The molecule has 0 radical (unpaired) electrons. The second-order valence-electron chi connectivity index (χ2n) is 4.04. The number of ether oxygens (including phenoxy) is 1. The highest BCUT2D eigenvalue weighted by atomic mass is 79.9. The highest BCUT2D eigenvalue weighted by Gasteiger charge is 2.13. The standard InChI is InChI=1S/C14H12BrFN2O2/c1-20-9-3-5-11(15)13(7-9)18-14(19)10-4-2-8(17)6-12(10)16/h2-7H,17H2,1H3,(H,18,19). The summed E-state index contributed by atoms with van der Waals surface area (Å²) in [6, 6.07) is 9.02. The van der Waals surface area contributed by atoms with E-state index in [-0.39, 0.29) is 11.3 Å². The number of anilines is 2. The summed E-state index contributed by atoms with van der Waals surface area (Å²) in [5.74, 6) is -0.640. The number of nitrogens with two attached hydrogens (primary N) is 1. The van der Waals surface area contributed by atoms with Crippen LogP contribution in [0.1, 0.15) is 10.4 Å².